The van der Waals surface area contributed by atoms with Gasteiger partial charge in [-0.1, -0.05) is 52.9 Å². The van der Waals surface area contributed by atoms with Gasteiger partial charge in [0.1, 0.15) is 0 Å². The normalized spacial score (nSPS) is 10.0. The van der Waals surface area contributed by atoms with E-state index in [0.717, 1.165) is 24.5 Å². The van der Waals surface area contributed by atoms with Crippen LogP contribution in [0, 0.1) is 0 Å². The van der Waals surface area contributed by atoms with Gasteiger partial charge in [-0.3, -0.25) is 9.59 Å². The van der Waals surface area contributed by atoms with E-state index < -0.39 is 11.9 Å². The van der Waals surface area contributed by atoms with Crippen LogP contribution in [-0.4, -0.2) is 53.3 Å². The molecule has 6 heteroatoms. The molecule has 0 saturated heterocycles. The molecule has 5 nitrogen and oxygen atoms in total. The Hall–Kier alpha value is -0.100. The van der Waals surface area contributed by atoms with E-state index in [9.17, 15) is 9.59 Å². The SMILES string of the molecule is CCCCCCCCN(OC(=O)CC)OC(=O)CC.[NaH]. The second kappa shape index (κ2) is 15.3. The zero-order chi connectivity index (χ0) is 14.5. The summed E-state index contributed by atoms with van der Waals surface area (Å²) in [6, 6.07) is 0. The standard InChI is InChI=1S/C14H27NO4.Na.H/c1-4-7-8-9-10-11-12-15(18-13(16)5-2)19-14(17)6-3;;/h4-12H2,1-3H3;;. The van der Waals surface area contributed by atoms with Crippen molar-refractivity contribution in [3.8, 4) is 0 Å². The van der Waals surface area contributed by atoms with Crippen molar-refractivity contribution >= 4 is 41.5 Å². The van der Waals surface area contributed by atoms with Crippen LogP contribution in [-0.2, 0) is 19.3 Å². The average Bonchev–Trinajstić information content (AvgIpc) is 2.41. The molecular formula is C14H28NNaO4. The first-order valence-electron chi connectivity index (χ1n) is 7.33. The van der Waals surface area contributed by atoms with Crippen molar-refractivity contribution in [2.24, 2.45) is 0 Å². The van der Waals surface area contributed by atoms with Crippen molar-refractivity contribution in [1.82, 2.24) is 5.23 Å². The van der Waals surface area contributed by atoms with E-state index in [1.165, 1.54) is 19.3 Å². The van der Waals surface area contributed by atoms with Crippen molar-refractivity contribution in [2.75, 3.05) is 6.54 Å². The summed E-state index contributed by atoms with van der Waals surface area (Å²) in [4.78, 5) is 32.3. The fraction of sp³-hybridized carbons (Fsp3) is 0.857. The maximum atomic E-state index is 11.2. The molecule has 0 heterocycles. The van der Waals surface area contributed by atoms with Gasteiger partial charge in [0.15, 0.2) is 0 Å². The molecule has 0 radical (unpaired) electrons. The molecule has 114 valence electrons. The molecule has 0 aliphatic carbocycles. The second-order valence-corrected chi connectivity index (χ2v) is 4.46. The Bertz CT molecular complexity index is 244. The molecule has 0 spiro atoms. The Morgan fingerprint density at radius 3 is 1.70 bits per heavy atom. The molecule has 0 saturated carbocycles. The van der Waals surface area contributed by atoms with Gasteiger partial charge in [-0.05, 0) is 6.42 Å². The molecule has 0 aromatic heterocycles. The van der Waals surface area contributed by atoms with Gasteiger partial charge >= 0.3 is 41.5 Å². The zero-order valence-electron chi connectivity index (χ0n) is 12.4. The van der Waals surface area contributed by atoms with Gasteiger partial charge in [0.25, 0.3) is 0 Å². The Morgan fingerprint density at radius 2 is 1.25 bits per heavy atom. The van der Waals surface area contributed by atoms with Gasteiger partial charge in [0.2, 0.25) is 0 Å². The van der Waals surface area contributed by atoms with Crippen LogP contribution in [0.15, 0.2) is 0 Å². The van der Waals surface area contributed by atoms with Gasteiger partial charge in [-0.25, -0.2) is 0 Å². The molecule has 0 unspecified atom stereocenters. The van der Waals surface area contributed by atoms with Crippen LogP contribution in [0.2, 0.25) is 0 Å². The fourth-order valence-electron chi connectivity index (χ4n) is 1.49. The quantitative estimate of drug-likeness (QED) is 0.333. The number of nitrogens with zero attached hydrogens (tertiary/aromatic N) is 1. The number of rotatable bonds is 11. The monoisotopic (exact) mass is 297 g/mol. The first kappa shape index (κ1) is 22.2. The summed E-state index contributed by atoms with van der Waals surface area (Å²) in [6.07, 6.45) is 7.26. The number of carbonyl (C=O) groups is 2. The van der Waals surface area contributed by atoms with Crippen LogP contribution in [0.3, 0.4) is 0 Å². The van der Waals surface area contributed by atoms with Crippen LogP contribution in [0.25, 0.3) is 0 Å². The Kier molecular flexibility index (Phi) is 17.0. The first-order chi connectivity index (χ1) is 9.13. The molecule has 0 aliphatic heterocycles. The summed E-state index contributed by atoms with van der Waals surface area (Å²) < 4.78 is 0. The van der Waals surface area contributed by atoms with E-state index in [-0.39, 0.29) is 42.4 Å². The number of carbonyl (C=O) groups excluding carboxylic acids is 2. The van der Waals surface area contributed by atoms with Crippen LogP contribution >= 0.6 is 0 Å². The molecule has 0 aliphatic rings. The van der Waals surface area contributed by atoms with Crippen molar-refractivity contribution in [2.45, 2.75) is 72.1 Å². The molecule has 0 atom stereocenters. The third kappa shape index (κ3) is 12.9. The fourth-order valence-corrected chi connectivity index (χ4v) is 1.49. The van der Waals surface area contributed by atoms with E-state index in [2.05, 4.69) is 6.92 Å². The number of hydroxylamine groups is 2. The van der Waals surface area contributed by atoms with Crippen molar-refractivity contribution in [3.05, 3.63) is 0 Å². The van der Waals surface area contributed by atoms with Gasteiger partial charge in [0, 0.05) is 18.1 Å². The number of unbranched alkanes of at least 4 members (excludes halogenated alkanes) is 5. The van der Waals surface area contributed by atoms with E-state index in [0.29, 0.717) is 6.54 Å². The van der Waals surface area contributed by atoms with Gasteiger partial charge in [0.05, 0.1) is 6.54 Å². The molecule has 0 aromatic carbocycles. The summed E-state index contributed by atoms with van der Waals surface area (Å²) in [7, 11) is 0. The second-order valence-electron chi connectivity index (χ2n) is 4.46. The van der Waals surface area contributed by atoms with Crippen molar-refractivity contribution in [1.29, 1.82) is 0 Å². The minimum absolute atomic E-state index is 0. The summed E-state index contributed by atoms with van der Waals surface area (Å²) >= 11 is 0. The first-order valence-corrected chi connectivity index (χ1v) is 7.33. The Balaban J connectivity index is 0. The molecule has 0 amide bonds. The number of hydrogen-bond acceptors (Lipinski definition) is 5. The summed E-state index contributed by atoms with van der Waals surface area (Å²) in [6.45, 7) is 6.01. The Morgan fingerprint density at radius 1 is 0.800 bits per heavy atom. The van der Waals surface area contributed by atoms with Crippen LogP contribution in [0.5, 0.6) is 0 Å². The molecule has 0 aromatic rings. The predicted octanol–water partition coefficient (Wildman–Crippen LogP) is 2.74. The zero-order valence-corrected chi connectivity index (χ0v) is 12.4. The molecule has 0 N–H and O–H groups in total. The topological polar surface area (TPSA) is 55.8 Å². The van der Waals surface area contributed by atoms with E-state index in [4.69, 9.17) is 9.68 Å². The maximum absolute atomic E-state index is 11.2. The van der Waals surface area contributed by atoms with E-state index >= 15 is 0 Å². The molecule has 0 fully saturated rings. The molecule has 0 bridgehead atoms. The minimum atomic E-state index is -0.394. The average molecular weight is 297 g/mol. The van der Waals surface area contributed by atoms with Crippen molar-refractivity contribution in [3.63, 3.8) is 0 Å². The number of hydrogen-bond donors (Lipinski definition) is 0. The van der Waals surface area contributed by atoms with Gasteiger partial charge in [-0.15, -0.1) is 0 Å². The van der Waals surface area contributed by atoms with Crippen molar-refractivity contribution < 1.29 is 19.3 Å². The van der Waals surface area contributed by atoms with E-state index in [1.54, 1.807) is 13.8 Å². The van der Waals surface area contributed by atoms with E-state index in [1.807, 2.05) is 0 Å². The van der Waals surface area contributed by atoms with Gasteiger partial charge < -0.3 is 9.68 Å². The summed E-state index contributed by atoms with van der Waals surface area (Å²) in [5.41, 5.74) is 0. The molecule has 20 heavy (non-hydrogen) atoms. The predicted molar refractivity (Wildman–Crippen MR) is 80.0 cm³/mol. The van der Waals surface area contributed by atoms with Crippen LogP contribution in [0.4, 0.5) is 0 Å². The molecule has 0 rings (SSSR count). The Labute approximate surface area is 144 Å². The van der Waals surface area contributed by atoms with Crippen LogP contribution in [0.1, 0.15) is 72.1 Å². The van der Waals surface area contributed by atoms with Gasteiger partial charge in [-0.2, -0.15) is 0 Å². The third-order valence-corrected chi connectivity index (χ3v) is 2.68. The third-order valence-electron chi connectivity index (χ3n) is 2.68. The summed E-state index contributed by atoms with van der Waals surface area (Å²) in [5.74, 6) is -0.787. The van der Waals surface area contributed by atoms with Crippen LogP contribution < -0.4 is 0 Å². The summed E-state index contributed by atoms with van der Waals surface area (Å²) in [5, 5.41) is 1.03. The molecular weight excluding hydrogens is 269 g/mol.